The number of rotatable bonds is 9. The molecule has 0 spiro atoms. The Morgan fingerprint density at radius 2 is 2.31 bits per heavy atom. The summed E-state index contributed by atoms with van der Waals surface area (Å²) in [5.41, 5.74) is 13.3. The van der Waals surface area contributed by atoms with Gasteiger partial charge in [-0.05, 0) is 24.8 Å². The van der Waals surface area contributed by atoms with E-state index >= 15 is 0 Å². The van der Waals surface area contributed by atoms with Gasteiger partial charge in [0.05, 0.1) is 6.61 Å². The molecule has 0 bridgehead atoms. The molecular formula is C8H14N4O4. The van der Waals surface area contributed by atoms with Crippen LogP contribution < -0.4 is 5.73 Å². The molecule has 90 valence electrons. The minimum Gasteiger partial charge on any atom is -0.466 e. The molecular weight excluding hydrogens is 216 g/mol. The van der Waals surface area contributed by atoms with E-state index in [9.17, 15) is 9.59 Å². The standard InChI is InChI=1S/C8H14N4O4/c9-7(16-6-13)3-1-2-4-15-8(14)5-11-12-10/h6-7H,1-5,9H2/t7-/m1/s1. The lowest BCUT2D eigenvalue weighted by molar-refractivity contribution is -0.142. The zero-order valence-corrected chi connectivity index (χ0v) is 8.74. The molecule has 2 N–H and O–H groups in total. The van der Waals surface area contributed by atoms with Crippen LogP contribution in [0.1, 0.15) is 19.3 Å². The van der Waals surface area contributed by atoms with E-state index in [0.717, 1.165) is 0 Å². The molecule has 16 heavy (non-hydrogen) atoms. The number of nitrogens with zero attached hydrogens (tertiary/aromatic N) is 3. The van der Waals surface area contributed by atoms with E-state index in [0.29, 0.717) is 25.7 Å². The summed E-state index contributed by atoms with van der Waals surface area (Å²) < 4.78 is 9.19. The van der Waals surface area contributed by atoms with Crippen molar-refractivity contribution in [1.29, 1.82) is 0 Å². The normalized spacial score (nSPS) is 11.1. The summed E-state index contributed by atoms with van der Waals surface area (Å²) in [4.78, 5) is 23.1. The van der Waals surface area contributed by atoms with E-state index in [-0.39, 0.29) is 13.2 Å². The molecule has 0 fully saturated rings. The van der Waals surface area contributed by atoms with Crippen molar-refractivity contribution >= 4 is 12.4 Å². The van der Waals surface area contributed by atoms with Gasteiger partial charge in [0.15, 0.2) is 6.23 Å². The van der Waals surface area contributed by atoms with E-state index in [1.165, 1.54) is 0 Å². The van der Waals surface area contributed by atoms with Crippen molar-refractivity contribution < 1.29 is 19.1 Å². The number of azide groups is 1. The quantitative estimate of drug-likeness (QED) is 0.117. The number of esters is 1. The van der Waals surface area contributed by atoms with Gasteiger partial charge >= 0.3 is 5.97 Å². The molecule has 0 saturated carbocycles. The Morgan fingerprint density at radius 3 is 2.94 bits per heavy atom. The van der Waals surface area contributed by atoms with Crippen molar-refractivity contribution in [2.24, 2.45) is 10.8 Å². The lowest BCUT2D eigenvalue weighted by Crippen LogP contribution is -2.23. The number of nitrogens with two attached hydrogens (primary N) is 1. The summed E-state index contributed by atoms with van der Waals surface area (Å²) in [5.74, 6) is -0.564. The first-order valence-corrected chi connectivity index (χ1v) is 4.72. The Kier molecular flexibility index (Phi) is 8.66. The summed E-state index contributed by atoms with van der Waals surface area (Å²) in [7, 11) is 0. The molecule has 0 saturated heterocycles. The minimum absolute atomic E-state index is 0.230. The van der Waals surface area contributed by atoms with Gasteiger partial charge in [0, 0.05) is 4.91 Å². The van der Waals surface area contributed by atoms with Crippen LogP contribution in [0.25, 0.3) is 10.4 Å². The second-order valence-corrected chi connectivity index (χ2v) is 2.88. The maximum absolute atomic E-state index is 10.8. The number of hydrogen-bond acceptors (Lipinski definition) is 6. The largest absolute Gasteiger partial charge is 0.466 e. The van der Waals surface area contributed by atoms with Gasteiger partial charge in [-0.3, -0.25) is 15.3 Å². The van der Waals surface area contributed by atoms with Gasteiger partial charge < -0.3 is 9.47 Å². The molecule has 1 atom stereocenters. The Morgan fingerprint density at radius 1 is 1.56 bits per heavy atom. The fraction of sp³-hybridized carbons (Fsp3) is 0.750. The number of carbonyl (C=O) groups is 2. The van der Waals surface area contributed by atoms with E-state index in [1.807, 2.05) is 0 Å². The van der Waals surface area contributed by atoms with Crippen molar-refractivity contribution in [3.63, 3.8) is 0 Å². The highest BCUT2D eigenvalue weighted by Crippen LogP contribution is 2.00. The fourth-order valence-electron chi connectivity index (χ4n) is 0.908. The SMILES string of the molecule is [N-]=[N+]=NCC(=O)OCCCC[C@H](N)OC=O. The van der Waals surface area contributed by atoms with Gasteiger partial charge in [-0.2, -0.15) is 0 Å². The van der Waals surface area contributed by atoms with Crippen LogP contribution in [-0.4, -0.2) is 31.8 Å². The lowest BCUT2D eigenvalue weighted by atomic mass is 10.2. The third-order valence-electron chi connectivity index (χ3n) is 1.64. The van der Waals surface area contributed by atoms with E-state index in [2.05, 4.69) is 14.8 Å². The highest BCUT2D eigenvalue weighted by Gasteiger charge is 2.03. The number of ether oxygens (including phenoxy) is 2. The van der Waals surface area contributed by atoms with Crippen LogP contribution in [0.15, 0.2) is 5.11 Å². The lowest BCUT2D eigenvalue weighted by Gasteiger charge is -2.08. The second-order valence-electron chi connectivity index (χ2n) is 2.88. The summed E-state index contributed by atoms with van der Waals surface area (Å²) in [6.07, 6.45) is 1.17. The number of unbranched alkanes of at least 4 members (excludes halogenated alkanes) is 1. The van der Waals surface area contributed by atoms with Gasteiger partial charge in [-0.1, -0.05) is 5.11 Å². The molecule has 0 aliphatic carbocycles. The number of hydrogen-bond donors (Lipinski definition) is 1. The third kappa shape index (κ3) is 8.79. The molecule has 0 aliphatic rings. The van der Waals surface area contributed by atoms with Crippen molar-refractivity contribution in [2.75, 3.05) is 13.2 Å². The monoisotopic (exact) mass is 230 g/mol. The minimum atomic E-state index is -0.614. The molecule has 0 aliphatic heterocycles. The summed E-state index contributed by atoms with van der Waals surface area (Å²) in [6, 6.07) is 0. The van der Waals surface area contributed by atoms with Crippen molar-refractivity contribution in [1.82, 2.24) is 0 Å². The molecule has 0 unspecified atom stereocenters. The van der Waals surface area contributed by atoms with E-state index in [1.54, 1.807) is 0 Å². The number of carbonyl (C=O) groups excluding carboxylic acids is 2. The molecule has 8 heteroatoms. The first kappa shape index (κ1) is 14.2. The maximum atomic E-state index is 10.8. The van der Waals surface area contributed by atoms with E-state index in [4.69, 9.17) is 16.0 Å². The molecule has 0 aromatic heterocycles. The second kappa shape index (κ2) is 9.75. The average molecular weight is 230 g/mol. The molecule has 0 heterocycles. The van der Waals surface area contributed by atoms with Crippen LogP contribution in [0.5, 0.6) is 0 Å². The van der Waals surface area contributed by atoms with E-state index < -0.39 is 12.2 Å². The van der Waals surface area contributed by atoms with Crippen molar-refractivity contribution in [3.8, 4) is 0 Å². The van der Waals surface area contributed by atoms with Gasteiger partial charge in [0.2, 0.25) is 0 Å². The average Bonchev–Trinajstić information content (AvgIpc) is 2.26. The van der Waals surface area contributed by atoms with Crippen LogP contribution in [0, 0.1) is 0 Å². The summed E-state index contributed by atoms with van der Waals surface area (Å²) >= 11 is 0. The van der Waals surface area contributed by atoms with Crippen molar-refractivity contribution in [2.45, 2.75) is 25.5 Å². The molecule has 0 rings (SSSR count). The van der Waals surface area contributed by atoms with Gasteiger partial charge in [-0.15, -0.1) is 0 Å². The Hall–Kier alpha value is -1.79. The Bertz CT molecular complexity index is 265. The predicted octanol–water partition coefficient (Wildman–Crippen LogP) is 0.468. The van der Waals surface area contributed by atoms with Gasteiger partial charge in [-0.25, -0.2) is 0 Å². The van der Waals surface area contributed by atoms with Gasteiger partial charge in [0.25, 0.3) is 6.47 Å². The highest BCUT2D eigenvalue weighted by molar-refractivity contribution is 5.71. The Labute approximate surface area is 92.3 Å². The molecule has 0 aromatic rings. The highest BCUT2D eigenvalue weighted by atomic mass is 16.5. The zero-order valence-electron chi connectivity index (χ0n) is 8.74. The van der Waals surface area contributed by atoms with Gasteiger partial charge in [0.1, 0.15) is 6.54 Å². The molecule has 0 radical (unpaired) electrons. The van der Waals surface area contributed by atoms with Crippen LogP contribution in [0.3, 0.4) is 0 Å². The molecule has 8 nitrogen and oxygen atoms in total. The smallest absolute Gasteiger partial charge is 0.311 e. The first-order chi connectivity index (χ1) is 7.70. The van der Waals surface area contributed by atoms with Crippen molar-refractivity contribution in [3.05, 3.63) is 10.4 Å². The topological polar surface area (TPSA) is 127 Å². The van der Waals surface area contributed by atoms with Crippen LogP contribution >= 0.6 is 0 Å². The first-order valence-electron chi connectivity index (χ1n) is 4.72. The van der Waals surface area contributed by atoms with Crippen LogP contribution in [0.2, 0.25) is 0 Å². The molecule has 0 amide bonds. The zero-order chi connectivity index (χ0) is 12.2. The Balaban J connectivity index is 3.35. The fourth-order valence-corrected chi connectivity index (χ4v) is 0.908. The summed E-state index contributed by atoms with van der Waals surface area (Å²) in [5, 5.41) is 3.05. The predicted molar refractivity (Wildman–Crippen MR) is 53.9 cm³/mol. The van der Waals surface area contributed by atoms with Crippen LogP contribution in [0.4, 0.5) is 0 Å². The maximum Gasteiger partial charge on any atom is 0.311 e. The van der Waals surface area contributed by atoms with Crippen LogP contribution in [-0.2, 0) is 19.1 Å². The molecule has 0 aromatic carbocycles. The summed E-state index contributed by atoms with van der Waals surface area (Å²) in [6.45, 7) is 0.225. The third-order valence-corrected chi connectivity index (χ3v) is 1.64.